The summed E-state index contributed by atoms with van der Waals surface area (Å²) in [5, 5.41) is 11.3. The number of nitrogens with one attached hydrogen (secondary N) is 1. The third-order valence-corrected chi connectivity index (χ3v) is 8.24. The van der Waals surface area contributed by atoms with Gasteiger partial charge in [-0.3, -0.25) is 24.6 Å². The minimum atomic E-state index is -0.726. The Kier molecular flexibility index (Phi) is 7.78. The van der Waals surface area contributed by atoms with Crippen molar-refractivity contribution >= 4 is 23.4 Å². The quantitative estimate of drug-likeness (QED) is 0.423. The lowest BCUT2D eigenvalue weighted by atomic mass is 10.0. The van der Waals surface area contributed by atoms with Gasteiger partial charge in [-0.05, 0) is 48.4 Å². The fourth-order valence-electron chi connectivity index (χ4n) is 5.89. The summed E-state index contributed by atoms with van der Waals surface area (Å²) < 4.78 is 35.5. The van der Waals surface area contributed by atoms with Gasteiger partial charge < -0.3 is 14.5 Å². The molecule has 1 atom stereocenters. The lowest BCUT2D eigenvalue weighted by Gasteiger charge is -2.36. The Hall–Kier alpha value is -4.82. The first kappa shape index (κ1) is 28.3. The number of nitriles is 1. The van der Waals surface area contributed by atoms with Crippen LogP contribution < -0.4 is 15.0 Å². The maximum Gasteiger partial charge on any atom is 0.255 e. The third-order valence-electron chi connectivity index (χ3n) is 8.24. The van der Waals surface area contributed by atoms with Gasteiger partial charge in [0.2, 0.25) is 11.8 Å². The highest BCUT2D eigenvalue weighted by molar-refractivity contribution is 6.05. The van der Waals surface area contributed by atoms with Gasteiger partial charge in [0.15, 0.2) is 0 Å². The number of carbonyl (C=O) groups is 3. The molecule has 3 aromatic rings. The summed E-state index contributed by atoms with van der Waals surface area (Å²) in [4.78, 5) is 42.5. The standard InChI is InChI=1S/C32H29F2N5O4/c33-25-15-21(17-37-10-12-38(13-11-37)27-7-5-20(16-35)14-26(27)34)4-6-22(25)19-43-29-3-1-2-23-24(29)18-39(32(23)42)28-8-9-30(40)36-31(28)41/h1-7,14-15,28H,8-13,17-19H2,(H,36,40,41)/t28-/m0/s1. The number of piperidine rings is 1. The summed E-state index contributed by atoms with van der Waals surface area (Å²) in [6, 6.07) is 15.8. The molecule has 2 saturated heterocycles. The number of piperazine rings is 1. The van der Waals surface area contributed by atoms with Crippen LogP contribution in [0.2, 0.25) is 0 Å². The van der Waals surface area contributed by atoms with Crippen LogP contribution in [0.25, 0.3) is 0 Å². The number of ether oxygens (including phenoxy) is 1. The van der Waals surface area contributed by atoms with E-state index < -0.39 is 23.6 Å². The predicted octanol–water partition coefficient (Wildman–Crippen LogP) is 3.50. The molecule has 0 saturated carbocycles. The topological polar surface area (TPSA) is 106 Å². The van der Waals surface area contributed by atoms with Crippen molar-refractivity contribution in [1.29, 1.82) is 5.26 Å². The van der Waals surface area contributed by atoms with Crippen molar-refractivity contribution in [3.63, 3.8) is 0 Å². The first-order valence-corrected chi connectivity index (χ1v) is 14.1. The molecule has 3 amide bonds. The molecule has 0 aliphatic carbocycles. The molecule has 9 nitrogen and oxygen atoms in total. The van der Waals surface area contributed by atoms with E-state index >= 15 is 4.39 Å². The maximum atomic E-state index is 15.1. The average molecular weight is 586 g/mol. The van der Waals surface area contributed by atoms with E-state index in [0.29, 0.717) is 60.9 Å². The molecule has 3 heterocycles. The van der Waals surface area contributed by atoms with Crippen LogP contribution in [-0.2, 0) is 29.3 Å². The molecule has 0 radical (unpaired) electrons. The molecule has 0 spiro atoms. The van der Waals surface area contributed by atoms with Gasteiger partial charge in [0, 0.05) is 55.8 Å². The Balaban J connectivity index is 1.05. The fourth-order valence-corrected chi connectivity index (χ4v) is 5.89. The van der Waals surface area contributed by atoms with Gasteiger partial charge in [-0.1, -0.05) is 18.2 Å². The van der Waals surface area contributed by atoms with Crippen molar-refractivity contribution in [1.82, 2.24) is 15.1 Å². The van der Waals surface area contributed by atoms with Gasteiger partial charge in [0.05, 0.1) is 23.9 Å². The number of halogens is 2. The Morgan fingerprint density at radius 3 is 2.51 bits per heavy atom. The highest BCUT2D eigenvalue weighted by Crippen LogP contribution is 2.34. The minimum absolute atomic E-state index is 0.0377. The number of nitrogens with zero attached hydrogens (tertiary/aromatic N) is 4. The molecular formula is C32H29F2N5O4. The fraction of sp³-hybridized carbons (Fsp3) is 0.312. The highest BCUT2D eigenvalue weighted by Gasteiger charge is 2.40. The van der Waals surface area contributed by atoms with E-state index in [1.54, 1.807) is 36.4 Å². The summed E-state index contributed by atoms with van der Waals surface area (Å²) in [6.45, 7) is 3.27. The van der Waals surface area contributed by atoms with Gasteiger partial charge in [-0.25, -0.2) is 8.78 Å². The number of hydrogen-bond donors (Lipinski definition) is 1. The Morgan fingerprint density at radius 1 is 0.977 bits per heavy atom. The molecule has 3 aromatic carbocycles. The molecule has 2 fully saturated rings. The second-order valence-electron chi connectivity index (χ2n) is 10.9. The van der Waals surface area contributed by atoms with Crippen molar-refractivity contribution in [3.8, 4) is 11.8 Å². The van der Waals surface area contributed by atoms with Gasteiger partial charge in [0.25, 0.3) is 5.91 Å². The van der Waals surface area contributed by atoms with Gasteiger partial charge in [-0.15, -0.1) is 0 Å². The number of imide groups is 1. The normalized spacial score (nSPS) is 18.8. The lowest BCUT2D eigenvalue weighted by molar-refractivity contribution is -0.136. The van der Waals surface area contributed by atoms with Crippen molar-refractivity contribution < 1.29 is 27.9 Å². The molecule has 0 unspecified atom stereocenters. The van der Waals surface area contributed by atoms with Crippen LogP contribution in [0.5, 0.6) is 5.75 Å². The third kappa shape index (κ3) is 5.79. The minimum Gasteiger partial charge on any atom is -0.488 e. The zero-order valence-corrected chi connectivity index (χ0v) is 23.3. The number of anilines is 1. The zero-order valence-electron chi connectivity index (χ0n) is 23.3. The van der Waals surface area contributed by atoms with Crippen molar-refractivity contribution in [3.05, 3.63) is 94.0 Å². The van der Waals surface area contributed by atoms with Crippen LogP contribution in [0.1, 0.15) is 45.5 Å². The van der Waals surface area contributed by atoms with E-state index in [2.05, 4.69) is 10.2 Å². The summed E-state index contributed by atoms with van der Waals surface area (Å²) in [7, 11) is 0. The van der Waals surface area contributed by atoms with E-state index in [-0.39, 0.29) is 43.4 Å². The van der Waals surface area contributed by atoms with Crippen LogP contribution in [0.4, 0.5) is 14.5 Å². The van der Waals surface area contributed by atoms with Crippen molar-refractivity contribution in [2.24, 2.45) is 0 Å². The molecule has 3 aliphatic rings. The zero-order chi connectivity index (χ0) is 30.1. The Bertz CT molecular complexity index is 1650. The van der Waals surface area contributed by atoms with Crippen molar-refractivity contribution in [2.75, 3.05) is 31.1 Å². The number of hydrogen-bond acceptors (Lipinski definition) is 7. The van der Waals surface area contributed by atoms with E-state index in [1.165, 1.54) is 17.0 Å². The van der Waals surface area contributed by atoms with Crippen molar-refractivity contribution in [2.45, 2.75) is 38.6 Å². The first-order chi connectivity index (χ1) is 20.8. The summed E-state index contributed by atoms with van der Waals surface area (Å²) in [6.07, 6.45) is 0.438. The van der Waals surface area contributed by atoms with Gasteiger partial charge >= 0.3 is 0 Å². The largest absolute Gasteiger partial charge is 0.488 e. The monoisotopic (exact) mass is 585 g/mol. The van der Waals surface area contributed by atoms with Gasteiger partial charge in [0.1, 0.15) is 30.0 Å². The van der Waals surface area contributed by atoms with Crippen LogP contribution >= 0.6 is 0 Å². The summed E-state index contributed by atoms with van der Waals surface area (Å²) >= 11 is 0. The number of carbonyl (C=O) groups excluding carboxylic acids is 3. The molecule has 43 heavy (non-hydrogen) atoms. The molecule has 1 N–H and O–H groups in total. The predicted molar refractivity (Wildman–Crippen MR) is 152 cm³/mol. The number of rotatable bonds is 7. The number of benzene rings is 3. The number of fused-ring (bicyclic) bond motifs is 1. The van der Waals surface area contributed by atoms with E-state index in [4.69, 9.17) is 10.00 Å². The second-order valence-corrected chi connectivity index (χ2v) is 10.9. The average Bonchev–Trinajstić information content (AvgIpc) is 3.33. The van der Waals surface area contributed by atoms with E-state index in [0.717, 1.165) is 5.56 Å². The van der Waals surface area contributed by atoms with Crippen LogP contribution in [0, 0.1) is 23.0 Å². The molecule has 0 aromatic heterocycles. The SMILES string of the molecule is N#Cc1ccc(N2CCN(Cc3ccc(COc4cccc5c4CN([C@H]4CCC(=O)NC4=O)C5=O)c(F)c3)CC2)c(F)c1. The smallest absolute Gasteiger partial charge is 0.255 e. The molecular weight excluding hydrogens is 556 g/mol. The maximum absolute atomic E-state index is 15.1. The van der Waals surface area contributed by atoms with Gasteiger partial charge in [-0.2, -0.15) is 5.26 Å². The highest BCUT2D eigenvalue weighted by atomic mass is 19.1. The Morgan fingerprint density at radius 2 is 1.79 bits per heavy atom. The molecule has 3 aliphatic heterocycles. The molecule has 0 bridgehead atoms. The van der Waals surface area contributed by atoms with E-state index in [1.807, 2.05) is 17.0 Å². The van der Waals surface area contributed by atoms with Crippen LogP contribution in [0.3, 0.4) is 0 Å². The first-order valence-electron chi connectivity index (χ1n) is 14.1. The van der Waals surface area contributed by atoms with Crippen LogP contribution in [-0.4, -0.2) is 59.7 Å². The number of amides is 3. The summed E-state index contributed by atoms with van der Waals surface area (Å²) in [5.41, 5.74) is 3.01. The lowest BCUT2D eigenvalue weighted by Crippen LogP contribution is -2.52. The summed E-state index contributed by atoms with van der Waals surface area (Å²) in [5.74, 6) is -1.49. The molecule has 6 rings (SSSR count). The second kappa shape index (κ2) is 11.8. The van der Waals surface area contributed by atoms with E-state index in [9.17, 15) is 18.8 Å². The molecule has 220 valence electrons. The molecule has 11 heteroatoms. The Labute approximate surface area is 247 Å². The van der Waals surface area contributed by atoms with Crippen LogP contribution in [0.15, 0.2) is 54.6 Å².